The van der Waals surface area contributed by atoms with Crippen molar-refractivity contribution in [1.29, 1.82) is 0 Å². The van der Waals surface area contributed by atoms with Gasteiger partial charge in [-0.05, 0) is 43.5 Å². The topological polar surface area (TPSA) is 38.3 Å². The Balaban J connectivity index is 1.68. The number of aryl methyl sites for hydroxylation is 1. The van der Waals surface area contributed by atoms with Gasteiger partial charge >= 0.3 is 0 Å². The van der Waals surface area contributed by atoms with E-state index in [-0.39, 0.29) is 11.2 Å². The van der Waals surface area contributed by atoms with Crippen molar-refractivity contribution in [3.63, 3.8) is 0 Å². The molecule has 0 fully saturated rings. The van der Waals surface area contributed by atoms with E-state index in [9.17, 15) is 4.79 Å². The largest absolute Gasteiger partial charge is 0.491 e. The average Bonchev–Trinajstić information content (AvgIpc) is 2.60. The number of thioether (sulfide) groups is 1. The second kappa shape index (κ2) is 9.38. The van der Waals surface area contributed by atoms with Crippen molar-refractivity contribution >= 4 is 17.7 Å². The smallest absolute Gasteiger partial charge is 0.232 e. The molecule has 4 heteroatoms. The SMILES string of the molecule is Cc1cccc(OCCNC(=O)C(C)SCc2ccccc2)c1C. The molecule has 0 aliphatic rings. The highest BCUT2D eigenvalue weighted by Crippen LogP contribution is 2.20. The Hall–Kier alpha value is -1.94. The lowest BCUT2D eigenvalue weighted by Crippen LogP contribution is -2.34. The molecule has 2 aromatic rings. The molecule has 0 bridgehead atoms. The van der Waals surface area contributed by atoms with E-state index in [0.717, 1.165) is 17.1 Å². The van der Waals surface area contributed by atoms with Crippen molar-refractivity contribution in [2.75, 3.05) is 13.2 Å². The van der Waals surface area contributed by atoms with Gasteiger partial charge < -0.3 is 10.1 Å². The molecule has 0 aliphatic carbocycles. The zero-order valence-corrected chi connectivity index (χ0v) is 15.4. The molecule has 0 saturated carbocycles. The molecule has 0 heterocycles. The number of ether oxygens (including phenoxy) is 1. The van der Waals surface area contributed by atoms with Gasteiger partial charge in [0, 0.05) is 5.75 Å². The molecule has 0 saturated heterocycles. The Morgan fingerprint density at radius 3 is 2.62 bits per heavy atom. The summed E-state index contributed by atoms with van der Waals surface area (Å²) >= 11 is 1.64. The average molecular weight is 343 g/mol. The third-order valence-electron chi connectivity index (χ3n) is 3.93. The van der Waals surface area contributed by atoms with Gasteiger partial charge in [0.25, 0.3) is 0 Å². The normalized spacial score (nSPS) is 11.8. The predicted molar refractivity (Wildman–Crippen MR) is 102 cm³/mol. The zero-order chi connectivity index (χ0) is 17.4. The van der Waals surface area contributed by atoms with Crippen LogP contribution in [0.2, 0.25) is 0 Å². The predicted octanol–water partition coefficient (Wildman–Crippen LogP) is 4.12. The van der Waals surface area contributed by atoms with E-state index in [1.165, 1.54) is 11.1 Å². The fourth-order valence-corrected chi connectivity index (χ4v) is 3.10. The number of rotatable bonds is 8. The maximum Gasteiger partial charge on any atom is 0.232 e. The van der Waals surface area contributed by atoms with Crippen molar-refractivity contribution in [2.45, 2.75) is 31.8 Å². The van der Waals surface area contributed by atoms with Crippen LogP contribution >= 0.6 is 11.8 Å². The molecule has 1 atom stereocenters. The van der Waals surface area contributed by atoms with Gasteiger partial charge in [0.05, 0.1) is 11.8 Å². The third kappa shape index (κ3) is 5.60. The maximum atomic E-state index is 12.1. The van der Waals surface area contributed by atoms with Crippen molar-refractivity contribution in [1.82, 2.24) is 5.32 Å². The Morgan fingerprint density at radius 1 is 1.12 bits per heavy atom. The van der Waals surface area contributed by atoms with E-state index < -0.39 is 0 Å². The van der Waals surface area contributed by atoms with E-state index in [1.807, 2.05) is 44.2 Å². The number of carbonyl (C=O) groups is 1. The van der Waals surface area contributed by atoms with Gasteiger partial charge in [0.15, 0.2) is 0 Å². The van der Waals surface area contributed by atoms with Crippen LogP contribution in [-0.2, 0) is 10.5 Å². The molecule has 24 heavy (non-hydrogen) atoms. The second-order valence-electron chi connectivity index (χ2n) is 5.78. The van der Waals surface area contributed by atoms with Crippen LogP contribution in [0.4, 0.5) is 0 Å². The first-order valence-corrected chi connectivity index (χ1v) is 9.25. The van der Waals surface area contributed by atoms with E-state index in [0.29, 0.717) is 13.2 Å². The highest BCUT2D eigenvalue weighted by Gasteiger charge is 2.12. The summed E-state index contributed by atoms with van der Waals surface area (Å²) in [5, 5.41) is 2.86. The number of carbonyl (C=O) groups excluding carboxylic acids is 1. The first-order chi connectivity index (χ1) is 11.6. The number of amides is 1. The lowest BCUT2D eigenvalue weighted by Gasteiger charge is -2.14. The second-order valence-corrected chi connectivity index (χ2v) is 7.11. The number of benzene rings is 2. The minimum Gasteiger partial charge on any atom is -0.491 e. The molecule has 1 amide bonds. The summed E-state index contributed by atoms with van der Waals surface area (Å²) in [7, 11) is 0. The summed E-state index contributed by atoms with van der Waals surface area (Å²) < 4.78 is 5.76. The van der Waals surface area contributed by atoms with E-state index in [4.69, 9.17) is 4.74 Å². The van der Waals surface area contributed by atoms with Crippen LogP contribution in [-0.4, -0.2) is 24.3 Å². The summed E-state index contributed by atoms with van der Waals surface area (Å²) in [4.78, 5) is 12.1. The Morgan fingerprint density at radius 2 is 1.88 bits per heavy atom. The van der Waals surface area contributed by atoms with Gasteiger partial charge in [-0.2, -0.15) is 0 Å². The van der Waals surface area contributed by atoms with Crippen LogP contribution in [0.15, 0.2) is 48.5 Å². The van der Waals surface area contributed by atoms with E-state index in [2.05, 4.69) is 30.4 Å². The molecule has 2 aromatic carbocycles. The van der Waals surface area contributed by atoms with Gasteiger partial charge in [-0.3, -0.25) is 4.79 Å². The molecule has 1 unspecified atom stereocenters. The summed E-state index contributed by atoms with van der Waals surface area (Å²) in [5.74, 6) is 1.78. The van der Waals surface area contributed by atoms with Crippen LogP contribution in [0, 0.1) is 13.8 Å². The molecule has 128 valence electrons. The first-order valence-electron chi connectivity index (χ1n) is 8.20. The molecule has 3 nitrogen and oxygen atoms in total. The molecular weight excluding hydrogens is 318 g/mol. The van der Waals surface area contributed by atoms with Crippen LogP contribution in [0.25, 0.3) is 0 Å². The Bertz CT molecular complexity index is 658. The highest BCUT2D eigenvalue weighted by molar-refractivity contribution is 7.99. The summed E-state index contributed by atoms with van der Waals surface area (Å²) in [5.41, 5.74) is 3.60. The summed E-state index contributed by atoms with van der Waals surface area (Å²) in [6.45, 7) is 7.05. The fraction of sp³-hybridized carbons (Fsp3) is 0.350. The monoisotopic (exact) mass is 343 g/mol. The molecule has 1 N–H and O–H groups in total. The standard InChI is InChI=1S/C20H25NO2S/c1-15-8-7-11-19(16(15)2)23-13-12-21-20(22)17(3)24-14-18-9-5-4-6-10-18/h4-11,17H,12-14H2,1-3H3,(H,21,22). The molecule has 0 aliphatic heterocycles. The van der Waals surface area contributed by atoms with Gasteiger partial charge in [0.2, 0.25) is 5.91 Å². The molecule has 2 rings (SSSR count). The van der Waals surface area contributed by atoms with Gasteiger partial charge in [0.1, 0.15) is 12.4 Å². The number of nitrogens with one attached hydrogen (secondary N) is 1. The molecule has 0 radical (unpaired) electrons. The summed E-state index contributed by atoms with van der Waals surface area (Å²) in [6.07, 6.45) is 0. The minimum absolute atomic E-state index is 0.0560. The molecular formula is C20H25NO2S. The number of hydrogen-bond acceptors (Lipinski definition) is 3. The van der Waals surface area contributed by atoms with Gasteiger partial charge in [-0.1, -0.05) is 42.5 Å². The van der Waals surface area contributed by atoms with Crippen LogP contribution < -0.4 is 10.1 Å². The zero-order valence-electron chi connectivity index (χ0n) is 14.5. The first kappa shape index (κ1) is 18.4. The lowest BCUT2D eigenvalue weighted by atomic mass is 10.1. The maximum absolute atomic E-state index is 12.1. The Labute approximate surface area is 148 Å². The highest BCUT2D eigenvalue weighted by atomic mass is 32.2. The van der Waals surface area contributed by atoms with E-state index in [1.54, 1.807) is 11.8 Å². The van der Waals surface area contributed by atoms with Crippen LogP contribution in [0.1, 0.15) is 23.6 Å². The summed E-state index contributed by atoms with van der Waals surface area (Å²) in [6, 6.07) is 16.2. The van der Waals surface area contributed by atoms with E-state index >= 15 is 0 Å². The van der Waals surface area contributed by atoms with Crippen molar-refractivity contribution in [2.24, 2.45) is 0 Å². The number of hydrogen-bond donors (Lipinski definition) is 1. The molecule has 0 spiro atoms. The fourth-order valence-electron chi connectivity index (χ4n) is 2.23. The Kier molecular flexibility index (Phi) is 7.19. The van der Waals surface area contributed by atoms with Crippen molar-refractivity contribution in [3.8, 4) is 5.75 Å². The minimum atomic E-state index is -0.0779. The van der Waals surface area contributed by atoms with Gasteiger partial charge in [-0.25, -0.2) is 0 Å². The lowest BCUT2D eigenvalue weighted by molar-refractivity contribution is -0.120. The molecule has 0 aromatic heterocycles. The van der Waals surface area contributed by atoms with Crippen molar-refractivity contribution < 1.29 is 9.53 Å². The quantitative estimate of drug-likeness (QED) is 0.733. The van der Waals surface area contributed by atoms with Crippen LogP contribution in [0.5, 0.6) is 5.75 Å². The van der Waals surface area contributed by atoms with Gasteiger partial charge in [-0.15, -0.1) is 11.8 Å². The van der Waals surface area contributed by atoms with Crippen molar-refractivity contribution in [3.05, 3.63) is 65.2 Å². The third-order valence-corrected chi connectivity index (χ3v) is 5.14. The van der Waals surface area contributed by atoms with Crippen LogP contribution in [0.3, 0.4) is 0 Å².